The maximum absolute atomic E-state index is 13.2. The number of amides is 2. The molecule has 3 N–H and O–H groups in total. The first kappa shape index (κ1) is 18.9. The van der Waals surface area contributed by atoms with Crippen LogP contribution >= 0.6 is 0 Å². The molecular formula is C24H26N4O2. The van der Waals surface area contributed by atoms with Crippen LogP contribution in [0.3, 0.4) is 0 Å². The van der Waals surface area contributed by atoms with Crippen molar-refractivity contribution in [1.29, 1.82) is 0 Å². The molecule has 30 heavy (non-hydrogen) atoms. The number of H-pyrrole nitrogens is 1. The molecule has 6 nitrogen and oxygen atoms in total. The summed E-state index contributed by atoms with van der Waals surface area (Å²) < 4.78 is 0. The minimum atomic E-state index is -0.511. The zero-order chi connectivity index (χ0) is 20.7. The van der Waals surface area contributed by atoms with Gasteiger partial charge in [-0.1, -0.05) is 42.5 Å². The lowest BCUT2D eigenvalue weighted by atomic mass is 10.0. The molecule has 0 bridgehead atoms. The summed E-state index contributed by atoms with van der Waals surface area (Å²) in [5.74, 6) is -0.0234. The van der Waals surface area contributed by atoms with Gasteiger partial charge >= 0.3 is 0 Å². The van der Waals surface area contributed by atoms with E-state index in [2.05, 4.69) is 34.7 Å². The number of aryl methyl sites for hydroxylation is 1. The first-order chi connectivity index (χ1) is 14.6. The number of para-hydroxylation sites is 1. The molecule has 5 rings (SSSR count). The van der Waals surface area contributed by atoms with E-state index in [0.29, 0.717) is 19.4 Å². The Bertz CT molecular complexity index is 1110. The fourth-order valence-electron chi connectivity index (χ4n) is 4.73. The SMILES string of the molecule is Cc1ccccc1CN[C@H]1C[C@H]2C(=O)N[C@@H](Cc3c[nH]c4ccccc34)C(=O)N2C1. The number of aromatic amines is 1. The van der Waals surface area contributed by atoms with Crippen molar-refractivity contribution in [3.05, 3.63) is 71.4 Å². The van der Waals surface area contributed by atoms with Crippen LogP contribution in [0.5, 0.6) is 0 Å². The average Bonchev–Trinajstić information content (AvgIpc) is 3.36. The van der Waals surface area contributed by atoms with Crippen molar-refractivity contribution >= 4 is 22.7 Å². The Morgan fingerprint density at radius 3 is 2.73 bits per heavy atom. The number of hydrogen-bond acceptors (Lipinski definition) is 3. The monoisotopic (exact) mass is 402 g/mol. The lowest BCUT2D eigenvalue weighted by Gasteiger charge is -2.34. The molecule has 6 heteroatoms. The van der Waals surface area contributed by atoms with E-state index < -0.39 is 6.04 Å². The maximum atomic E-state index is 13.2. The normalized spacial score (nSPS) is 23.6. The predicted molar refractivity (Wildman–Crippen MR) is 116 cm³/mol. The van der Waals surface area contributed by atoms with Gasteiger partial charge in [0.25, 0.3) is 0 Å². The predicted octanol–water partition coefficient (Wildman–Crippen LogP) is 2.28. The molecule has 1 aromatic heterocycles. The molecule has 2 aliphatic rings. The van der Waals surface area contributed by atoms with E-state index in [1.54, 1.807) is 4.90 Å². The van der Waals surface area contributed by atoms with Gasteiger partial charge in [-0.3, -0.25) is 9.59 Å². The summed E-state index contributed by atoms with van der Waals surface area (Å²) in [6.45, 7) is 3.42. The highest BCUT2D eigenvalue weighted by atomic mass is 16.2. The van der Waals surface area contributed by atoms with E-state index in [-0.39, 0.29) is 23.9 Å². The van der Waals surface area contributed by atoms with Crippen LogP contribution in [0.4, 0.5) is 0 Å². The van der Waals surface area contributed by atoms with Crippen molar-refractivity contribution in [2.45, 2.75) is 44.4 Å². The van der Waals surface area contributed by atoms with Crippen molar-refractivity contribution in [3.8, 4) is 0 Å². The van der Waals surface area contributed by atoms with Gasteiger partial charge in [-0.05, 0) is 36.1 Å². The molecule has 2 amide bonds. The number of carbonyl (C=O) groups is 2. The van der Waals surface area contributed by atoms with Gasteiger partial charge in [-0.25, -0.2) is 0 Å². The number of hydrogen-bond donors (Lipinski definition) is 3. The average molecular weight is 402 g/mol. The molecule has 3 heterocycles. The Hall–Kier alpha value is -3.12. The molecular weight excluding hydrogens is 376 g/mol. The quantitative estimate of drug-likeness (QED) is 0.613. The van der Waals surface area contributed by atoms with Crippen molar-refractivity contribution in [2.24, 2.45) is 0 Å². The Morgan fingerprint density at radius 2 is 1.87 bits per heavy atom. The molecule has 154 valence electrons. The number of nitrogens with one attached hydrogen (secondary N) is 3. The van der Waals surface area contributed by atoms with Crippen LogP contribution in [0.25, 0.3) is 10.9 Å². The van der Waals surface area contributed by atoms with Crippen LogP contribution in [0.1, 0.15) is 23.1 Å². The van der Waals surface area contributed by atoms with Crippen LogP contribution in [-0.4, -0.2) is 46.4 Å². The third-order valence-corrected chi connectivity index (χ3v) is 6.44. The Labute approximate surface area is 175 Å². The fraction of sp³-hybridized carbons (Fsp3) is 0.333. The summed E-state index contributed by atoms with van der Waals surface area (Å²) in [4.78, 5) is 30.9. The number of piperazine rings is 1. The molecule has 3 aromatic rings. The van der Waals surface area contributed by atoms with Gasteiger partial charge in [0.05, 0.1) is 0 Å². The van der Waals surface area contributed by atoms with E-state index >= 15 is 0 Å². The van der Waals surface area contributed by atoms with Gasteiger partial charge in [0, 0.05) is 42.7 Å². The number of rotatable bonds is 5. The number of aromatic nitrogens is 1. The van der Waals surface area contributed by atoms with Crippen molar-refractivity contribution in [2.75, 3.05) is 6.54 Å². The van der Waals surface area contributed by atoms with Gasteiger partial charge < -0.3 is 20.5 Å². The summed E-state index contributed by atoms with van der Waals surface area (Å²) in [5.41, 5.74) is 4.58. The number of fused-ring (bicyclic) bond motifs is 2. The van der Waals surface area contributed by atoms with Gasteiger partial charge in [-0.2, -0.15) is 0 Å². The van der Waals surface area contributed by atoms with Crippen LogP contribution in [0.15, 0.2) is 54.7 Å². The van der Waals surface area contributed by atoms with E-state index in [4.69, 9.17) is 0 Å². The summed E-state index contributed by atoms with van der Waals surface area (Å²) in [5, 5.41) is 7.61. The molecule has 0 unspecified atom stereocenters. The first-order valence-electron chi connectivity index (χ1n) is 10.5. The van der Waals surface area contributed by atoms with E-state index in [0.717, 1.165) is 23.0 Å². The lowest BCUT2D eigenvalue weighted by molar-refractivity contribution is -0.146. The molecule has 2 aromatic carbocycles. The zero-order valence-electron chi connectivity index (χ0n) is 17.0. The van der Waals surface area contributed by atoms with Gasteiger partial charge in [0.1, 0.15) is 12.1 Å². The summed E-state index contributed by atoms with van der Waals surface area (Å²) in [6.07, 6.45) is 3.09. The standard InChI is InChI=1S/C24H26N4O2/c1-15-6-2-3-7-16(15)12-25-18-11-22-23(29)27-21(24(30)28(22)14-18)10-17-13-26-20-9-5-4-8-19(17)20/h2-9,13,18,21-22,25-26H,10-12,14H2,1H3,(H,27,29)/t18-,21-,22-/m0/s1. The maximum Gasteiger partial charge on any atom is 0.246 e. The van der Waals surface area contributed by atoms with Crippen LogP contribution in [-0.2, 0) is 22.6 Å². The molecule has 2 fully saturated rings. The largest absolute Gasteiger partial charge is 0.361 e. The highest BCUT2D eigenvalue weighted by Crippen LogP contribution is 2.26. The Morgan fingerprint density at radius 1 is 1.07 bits per heavy atom. The molecule has 2 aliphatic heterocycles. The topological polar surface area (TPSA) is 77.2 Å². The second kappa shape index (κ2) is 7.61. The second-order valence-electron chi connectivity index (χ2n) is 8.37. The van der Waals surface area contributed by atoms with Crippen molar-refractivity contribution < 1.29 is 9.59 Å². The van der Waals surface area contributed by atoms with Gasteiger partial charge in [0.15, 0.2) is 0 Å². The second-order valence-corrected chi connectivity index (χ2v) is 8.37. The highest BCUT2D eigenvalue weighted by molar-refractivity contribution is 5.98. The number of carbonyl (C=O) groups excluding carboxylic acids is 2. The third kappa shape index (κ3) is 3.37. The van der Waals surface area contributed by atoms with Gasteiger partial charge in [-0.15, -0.1) is 0 Å². The molecule has 0 spiro atoms. The van der Waals surface area contributed by atoms with E-state index in [1.807, 2.05) is 42.6 Å². The highest BCUT2D eigenvalue weighted by Gasteiger charge is 2.46. The summed E-state index contributed by atoms with van der Waals surface area (Å²) >= 11 is 0. The van der Waals surface area contributed by atoms with E-state index in [1.165, 1.54) is 11.1 Å². The number of benzene rings is 2. The minimum absolute atomic E-state index is 0.0186. The molecule has 0 aliphatic carbocycles. The van der Waals surface area contributed by atoms with Gasteiger partial charge in [0.2, 0.25) is 11.8 Å². The Kier molecular flexibility index (Phi) is 4.79. The van der Waals surface area contributed by atoms with Crippen molar-refractivity contribution in [1.82, 2.24) is 20.5 Å². The minimum Gasteiger partial charge on any atom is -0.361 e. The first-order valence-corrected chi connectivity index (χ1v) is 10.5. The smallest absolute Gasteiger partial charge is 0.246 e. The van der Waals surface area contributed by atoms with Crippen LogP contribution in [0.2, 0.25) is 0 Å². The molecule has 0 saturated carbocycles. The van der Waals surface area contributed by atoms with Crippen LogP contribution in [0, 0.1) is 6.92 Å². The Balaban J connectivity index is 1.27. The molecule has 0 radical (unpaired) electrons. The zero-order valence-corrected chi connectivity index (χ0v) is 17.0. The number of nitrogens with zero attached hydrogens (tertiary/aromatic N) is 1. The molecule has 2 saturated heterocycles. The van der Waals surface area contributed by atoms with E-state index in [9.17, 15) is 9.59 Å². The lowest BCUT2D eigenvalue weighted by Crippen LogP contribution is -2.61. The molecule has 3 atom stereocenters. The fourth-order valence-corrected chi connectivity index (χ4v) is 4.73. The summed E-state index contributed by atoms with van der Waals surface area (Å²) in [6, 6.07) is 15.5. The van der Waals surface area contributed by atoms with Crippen molar-refractivity contribution in [3.63, 3.8) is 0 Å². The third-order valence-electron chi connectivity index (χ3n) is 6.44. The summed E-state index contributed by atoms with van der Waals surface area (Å²) in [7, 11) is 0. The van der Waals surface area contributed by atoms with Crippen LogP contribution < -0.4 is 10.6 Å².